The number of aromatic carboxylic acids is 1. The van der Waals surface area contributed by atoms with Crippen LogP contribution in [0, 0.1) is 0 Å². The van der Waals surface area contributed by atoms with Gasteiger partial charge in [0.25, 0.3) is 6.17 Å². The summed E-state index contributed by atoms with van der Waals surface area (Å²) in [7, 11) is 0. The van der Waals surface area contributed by atoms with E-state index in [2.05, 4.69) is 37.9 Å². The molecule has 0 spiro atoms. The van der Waals surface area contributed by atoms with E-state index in [1.165, 1.54) is 23.9 Å². The third kappa shape index (κ3) is 3.70. The lowest BCUT2D eigenvalue weighted by atomic mass is 10.0. The van der Waals surface area contributed by atoms with E-state index in [1.54, 1.807) is 22.9 Å². The number of halogens is 1. The van der Waals surface area contributed by atoms with Gasteiger partial charge in [-0.05, 0) is 47.1 Å². The van der Waals surface area contributed by atoms with Crippen LogP contribution in [0.2, 0.25) is 0 Å². The summed E-state index contributed by atoms with van der Waals surface area (Å²) in [5, 5.41) is 17.7. The molecular formula is C20H16BrN4O3S+. The number of carbonyl (C=O) groups is 1. The molecule has 0 saturated carbocycles. The van der Waals surface area contributed by atoms with E-state index in [0.29, 0.717) is 16.6 Å². The van der Waals surface area contributed by atoms with Crippen LogP contribution in [0.3, 0.4) is 0 Å². The number of fused-ring (bicyclic) bond motifs is 3. The van der Waals surface area contributed by atoms with Crippen LogP contribution in [-0.4, -0.2) is 26.9 Å². The summed E-state index contributed by atoms with van der Waals surface area (Å²) in [4.78, 5) is 27.0. The van der Waals surface area contributed by atoms with Crippen LogP contribution in [0.25, 0.3) is 11.3 Å². The number of carboxylic acids is 1. The monoisotopic (exact) mass is 471 g/mol. The number of hydrogen-bond acceptors (Lipinski definition) is 5. The van der Waals surface area contributed by atoms with Gasteiger partial charge in [-0.3, -0.25) is 9.78 Å². The van der Waals surface area contributed by atoms with Crippen LogP contribution in [0.1, 0.15) is 22.1 Å². The number of H-pyrrole nitrogens is 1. The molecule has 1 atom stereocenters. The number of carboxylic acid groups (broad SMARTS) is 1. The first-order valence-corrected chi connectivity index (χ1v) is 10.5. The standard InChI is InChI=1S/C20H15BrN4O3S/c1-2-9-29-20-23-18(26)16-14-10-13(21)7-8-15(14)22-17(25(16)24-20)11-3-5-12(6-4-11)19(27)28/h2-8,10,17H,1,9H2,(H2,23,24,26,27,28)/p+1/t17-/m1/s1. The number of thioether (sulfide) groups is 1. The number of rotatable bonds is 5. The fraction of sp³-hybridized carbons (Fsp3) is 0.100. The Balaban J connectivity index is 1.89. The second-order valence-electron chi connectivity index (χ2n) is 6.32. The van der Waals surface area contributed by atoms with Gasteiger partial charge in [0, 0.05) is 20.9 Å². The Hall–Kier alpha value is -2.91. The number of benzene rings is 2. The summed E-state index contributed by atoms with van der Waals surface area (Å²) >= 11 is 4.83. The first-order chi connectivity index (χ1) is 14.0. The van der Waals surface area contributed by atoms with E-state index in [1.807, 2.05) is 18.2 Å². The molecule has 146 valence electrons. The Morgan fingerprint density at radius 1 is 1.31 bits per heavy atom. The molecule has 0 fully saturated rings. The summed E-state index contributed by atoms with van der Waals surface area (Å²) in [6, 6.07) is 12.2. The normalized spacial score (nSPS) is 14.4. The van der Waals surface area contributed by atoms with Crippen LogP contribution < -0.4 is 15.6 Å². The molecule has 0 radical (unpaired) electrons. The predicted molar refractivity (Wildman–Crippen MR) is 114 cm³/mol. The average Bonchev–Trinajstić information content (AvgIpc) is 2.71. The van der Waals surface area contributed by atoms with E-state index in [-0.39, 0.29) is 11.1 Å². The minimum Gasteiger partial charge on any atom is -0.478 e. The Bertz CT molecular complexity index is 1180. The SMILES string of the molecule is C=CCSc1n[n+]2c(c(=O)[nH]1)-c1cc(Br)ccc1N[C@H]2c1ccc(C(=O)O)cc1. The lowest BCUT2D eigenvalue weighted by Gasteiger charge is -2.22. The second-order valence-corrected chi connectivity index (χ2v) is 8.24. The first kappa shape index (κ1) is 19.4. The third-order valence-corrected chi connectivity index (χ3v) is 5.80. The van der Waals surface area contributed by atoms with Crippen LogP contribution in [0.15, 0.2) is 69.5 Å². The Labute approximate surface area is 178 Å². The lowest BCUT2D eigenvalue weighted by Crippen LogP contribution is -2.55. The van der Waals surface area contributed by atoms with E-state index in [0.717, 1.165) is 21.3 Å². The molecule has 1 aliphatic rings. The maximum absolute atomic E-state index is 13.0. The summed E-state index contributed by atoms with van der Waals surface area (Å²) < 4.78 is 2.49. The Kier molecular flexibility index (Phi) is 5.25. The molecule has 1 aliphatic heterocycles. The number of anilines is 1. The molecule has 7 nitrogen and oxygen atoms in total. The van der Waals surface area contributed by atoms with Crippen molar-refractivity contribution in [3.05, 3.63) is 81.1 Å². The molecule has 1 aromatic heterocycles. The first-order valence-electron chi connectivity index (χ1n) is 8.67. The Morgan fingerprint density at radius 2 is 2.07 bits per heavy atom. The quantitative estimate of drug-likeness (QED) is 0.299. The van der Waals surface area contributed by atoms with Gasteiger partial charge >= 0.3 is 17.2 Å². The van der Waals surface area contributed by atoms with Crippen LogP contribution in [0.4, 0.5) is 5.69 Å². The van der Waals surface area contributed by atoms with Crippen molar-refractivity contribution in [1.82, 2.24) is 10.1 Å². The molecule has 2 heterocycles. The predicted octanol–water partition coefficient (Wildman–Crippen LogP) is 3.44. The molecule has 3 aromatic rings. The molecule has 0 amide bonds. The van der Waals surface area contributed by atoms with E-state index in [4.69, 9.17) is 5.11 Å². The molecule has 0 aliphatic carbocycles. The van der Waals surface area contributed by atoms with Crippen molar-refractivity contribution in [3.8, 4) is 11.3 Å². The summed E-state index contributed by atoms with van der Waals surface area (Å²) in [6.45, 7) is 3.70. The van der Waals surface area contributed by atoms with Crippen molar-refractivity contribution in [2.45, 2.75) is 11.3 Å². The Morgan fingerprint density at radius 3 is 2.76 bits per heavy atom. The third-order valence-electron chi connectivity index (χ3n) is 4.45. The topological polar surface area (TPSA) is 99.0 Å². The maximum Gasteiger partial charge on any atom is 0.335 e. The maximum atomic E-state index is 13.0. The molecule has 3 N–H and O–H groups in total. The largest absolute Gasteiger partial charge is 0.478 e. The number of aromatic amines is 1. The molecule has 0 saturated heterocycles. The highest BCUT2D eigenvalue weighted by molar-refractivity contribution is 9.10. The number of hydrogen-bond donors (Lipinski definition) is 3. The molecule has 0 bridgehead atoms. The van der Waals surface area contributed by atoms with Gasteiger partial charge in [0.05, 0.1) is 16.8 Å². The second kappa shape index (κ2) is 7.84. The van der Waals surface area contributed by atoms with Gasteiger partial charge in [-0.25, -0.2) is 4.79 Å². The number of aromatic nitrogens is 3. The zero-order valence-electron chi connectivity index (χ0n) is 15.1. The van der Waals surface area contributed by atoms with Crippen molar-refractivity contribution in [3.63, 3.8) is 0 Å². The molecular weight excluding hydrogens is 456 g/mol. The lowest BCUT2D eigenvalue weighted by molar-refractivity contribution is -0.759. The molecule has 2 aromatic carbocycles. The van der Waals surface area contributed by atoms with Crippen LogP contribution in [0.5, 0.6) is 0 Å². The molecule has 4 rings (SSSR count). The average molecular weight is 472 g/mol. The number of nitrogens with one attached hydrogen (secondary N) is 2. The fourth-order valence-electron chi connectivity index (χ4n) is 3.15. The summed E-state index contributed by atoms with van der Waals surface area (Å²) in [5.41, 5.74) is 2.67. The summed E-state index contributed by atoms with van der Waals surface area (Å²) in [6.07, 6.45) is 1.27. The fourth-order valence-corrected chi connectivity index (χ4v) is 4.10. The van der Waals surface area contributed by atoms with Gasteiger partial charge in [-0.15, -0.1) is 6.58 Å². The number of nitrogens with zero attached hydrogens (tertiary/aromatic N) is 2. The highest BCUT2D eigenvalue weighted by Gasteiger charge is 2.37. The van der Waals surface area contributed by atoms with Gasteiger partial charge in [-0.2, -0.15) is 0 Å². The van der Waals surface area contributed by atoms with Gasteiger partial charge in [0.2, 0.25) is 5.16 Å². The van der Waals surface area contributed by atoms with Crippen molar-refractivity contribution in [2.75, 3.05) is 11.1 Å². The van der Waals surface area contributed by atoms with E-state index < -0.39 is 12.1 Å². The van der Waals surface area contributed by atoms with Gasteiger partial charge in [-0.1, -0.05) is 33.8 Å². The zero-order valence-corrected chi connectivity index (χ0v) is 17.5. The van der Waals surface area contributed by atoms with E-state index in [9.17, 15) is 9.59 Å². The summed E-state index contributed by atoms with van der Waals surface area (Å²) in [5.74, 6) is -0.385. The van der Waals surface area contributed by atoms with Crippen molar-refractivity contribution >= 4 is 39.3 Å². The van der Waals surface area contributed by atoms with Gasteiger partial charge < -0.3 is 10.4 Å². The molecule has 0 unspecified atom stereocenters. The molecule has 29 heavy (non-hydrogen) atoms. The van der Waals surface area contributed by atoms with Gasteiger partial charge in [0.15, 0.2) is 0 Å². The molecule has 9 heteroatoms. The smallest absolute Gasteiger partial charge is 0.335 e. The highest BCUT2D eigenvalue weighted by atomic mass is 79.9. The van der Waals surface area contributed by atoms with Crippen molar-refractivity contribution in [2.24, 2.45) is 0 Å². The van der Waals surface area contributed by atoms with Crippen LogP contribution in [-0.2, 0) is 0 Å². The van der Waals surface area contributed by atoms with Crippen molar-refractivity contribution in [1.29, 1.82) is 0 Å². The minimum atomic E-state index is -0.992. The van der Waals surface area contributed by atoms with E-state index >= 15 is 0 Å². The van der Waals surface area contributed by atoms with Crippen molar-refractivity contribution < 1.29 is 14.6 Å². The minimum absolute atomic E-state index is 0.195. The van der Waals surface area contributed by atoms with Gasteiger partial charge in [0.1, 0.15) is 0 Å². The zero-order chi connectivity index (χ0) is 20.5. The highest BCUT2D eigenvalue weighted by Crippen LogP contribution is 2.34. The van der Waals surface area contributed by atoms with Crippen LogP contribution >= 0.6 is 27.7 Å².